The lowest BCUT2D eigenvalue weighted by molar-refractivity contribution is 0.347. The zero-order valence-electron chi connectivity index (χ0n) is 14.0. The molecule has 1 aromatic carbocycles. The minimum absolute atomic E-state index is 0.156. The average molecular weight is 277 g/mol. The number of ether oxygens (including phenoxy) is 1. The third-order valence-corrected chi connectivity index (χ3v) is 3.81. The molecule has 0 aromatic heterocycles. The first-order valence-electron chi connectivity index (χ1n) is 7.76. The number of hydrogen-bond acceptors (Lipinski definition) is 2. The van der Waals surface area contributed by atoms with Crippen molar-refractivity contribution in [2.24, 2.45) is 5.92 Å². The summed E-state index contributed by atoms with van der Waals surface area (Å²) in [4.78, 5) is 0. The Kier molecular flexibility index (Phi) is 6.54. The first kappa shape index (κ1) is 17.0. The van der Waals surface area contributed by atoms with Gasteiger partial charge in [-0.05, 0) is 50.3 Å². The van der Waals surface area contributed by atoms with E-state index in [1.807, 2.05) is 6.07 Å². The van der Waals surface area contributed by atoms with Crippen LogP contribution in [0.3, 0.4) is 0 Å². The second-order valence-corrected chi connectivity index (χ2v) is 6.78. The summed E-state index contributed by atoms with van der Waals surface area (Å²) in [5.74, 6) is 2.15. The fraction of sp³-hybridized carbons (Fsp3) is 0.667. The Morgan fingerprint density at radius 3 is 2.50 bits per heavy atom. The van der Waals surface area contributed by atoms with E-state index in [0.717, 1.165) is 12.3 Å². The van der Waals surface area contributed by atoms with E-state index in [1.165, 1.54) is 18.4 Å². The van der Waals surface area contributed by atoms with Gasteiger partial charge in [0.1, 0.15) is 5.75 Å². The molecule has 2 unspecified atom stereocenters. The maximum absolute atomic E-state index is 5.37. The van der Waals surface area contributed by atoms with Crippen LogP contribution in [0.25, 0.3) is 0 Å². The van der Waals surface area contributed by atoms with Crippen molar-refractivity contribution < 1.29 is 4.74 Å². The van der Waals surface area contributed by atoms with E-state index in [1.54, 1.807) is 7.11 Å². The van der Waals surface area contributed by atoms with Gasteiger partial charge in [0.05, 0.1) is 7.11 Å². The van der Waals surface area contributed by atoms with Crippen molar-refractivity contribution in [1.29, 1.82) is 0 Å². The number of benzene rings is 1. The van der Waals surface area contributed by atoms with Crippen molar-refractivity contribution in [2.45, 2.75) is 58.9 Å². The largest absolute Gasteiger partial charge is 0.497 e. The fourth-order valence-corrected chi connectivity index (χ4v) is 2.59. The zero-order chi connectivity index (χ0) is 15.2. The molecule has 0 aliphatic carbocycles. The predicted molar refractivity (Wildman–Crippen MR) is 87.6 cm³/mol. The Morgan fingerprint density at radius 2 is 1.95 bits per heavy atom. The van der Waals surface area contributed by atoms with Crippen LogP contribution in [0.5, 0.6) is 5.75 Å². The highest BCUT2D eigenvalue weighted by Gasteiger charge is 2.21. The summed E-state index contributed by atoms with van der Waals surface area (Å²) < 4.78 is 5.37. The molecule has 0 amide bonds. The number of nitrogens with one attached hydrogen (secondary N) is 1. The second kappa shape index (κ2) is 7.68. The molecule has 0 radical (unpaired) electrons. The second-order valence-electron chi connectivity index (χ2n) is 6.78. The highest BCUT2D eigenvalue weighted by molar-refractivity contribution is 5.31. The normalized spacial score (nSPS) is 14.9. The average Bonchev–Trinajstić information content (AvgIpc) is 2.38. The van der Waals surface area contributed by atoms with Crippen molar-refractivity contribution in [1.82, 2.24) is 5.32 Å². The first-order chi connectivity index (χ1) is 9.37. The molecule has 1 rings (SSSR count). The van der Waals surface area contributed by atoms with Crippen molar-refractivity contribution in [3.63, 3.8) is 0 Å². The molecule has 2 heteroatoms. The van der Waals surface area contributed by atoms with Gasteiger partial charge in [-0.3, -0.25) is 0 Å². The van der Waals surface area contributed by atoms with Gasteiger partial charge in [0, 0.05) is 12.1 Å². The summed E-state index contributed by atoms with van der Waals surface area (Å²) >= 11 is 0. The minimum atomic E-state index is 0.156. The molecule has 2 nitrogen and oxygen atoms in total. The van der Waals surface area contributed by atoms with E-state index in [4.69, 9.17) is 4.74 Å². The van der Waals surface area contributed by atoms with Crippen molar-refractivity contribution in [3.05, 3.63) is 29.8 Å². The lowest BCUT2D eigenvalue weighted by atomic mass is 9.84. The SMILES string of the molecule is CCCC(C)C(CNC(C)(C)C)c1cccc(OC)c1. The predicted octanol–water partition coefficient (Wildman–Crippen LogP) is 4.60. The van der Waals surface area contributed by atoms with Gasteiger partial charge in [0.2, 0.25) is 0 Å². The van der Waals surface area contributed by atoms with Gasteiger partial charge >= 0.3 is 0 Å². The Bertz CT molecular complexity index is 395. The summed E-state index contributed by atoms with van der Waals surface area (Å²) in [5.41, 5.74) is 1.53. The molecule has 1 N–H and O–H groups in total. The maximum Gasteiger partial charge on any atom is 0.119 e. The maximum atomic E-state index is 5.37. The molecule has 0 fully saturated rings. The minimum Gasteiger partial charge on any atom is -0.497 e. The molecule has 0 aliphatic heterocycles. The molecule has 1 aromatic rings. The number of methoxy groups -OCH3 is 1. The Hall–Kier alpha value is -1.02. The number of rotatable bonds is 7. The smallest absolute Gasteiger partial charge is 0.119 e. The topological polar surface area (TPSA) is 21.3 Å². The van der Waals surface area contributed by atoms with Crippen LogP contribution in [-0.4, -0.2) is 19.2 Å². The van der Waals surface area contributed by atoms with E-state index in [2.05, 4.69) is 58.1 Å². The van der Waals surface area contributed by atoms with Gasteiger partial charge in [0.25, 0.3) is 0 Å². The lowest BCUT2D eigenvalue weighted by Gasteiger charge is -2.29. The molecule has 20 heavy (non-hydrogen) atoms. The monoisotopic (exact) mass is 277 g/mol. The molecule has 2 atom stereocenters. The summed E-state index contributed by atoms with van der Waals surface area (Å²) in [6.45, 7) is 12.3. The third kappa shape index (κ3) is 5.54. The number of hydrogen-bond donors (Lipinski definition) is 1. The molecule has 0 aliphatic rings. The summed E-state index contributed by atoms with van der Waals surface area (Å²) in [6.07, 6.45) is 2.49. The highest BCUT2D eigenvalue weighted by atomic mass is 16.5. The Balaban J connectivity index is 2.90. The van der Waals surface area contributed by atoms with Crippen LogP contribution >= 0.6 is 0 Å². The van der Waals surface area contributed by atoms with Crippen LogP contribution in [0, 0.1) is 5.92 Å². The Morgan fingerprint density at radius 1 is 1.25 bits per heavy atom. The van der Waals surface area contributed by atoms with E-state index in [0.29, 0.717) is 11.8 Å². The lowest BCUT2D eigenvalue weighted by Crippen LogP contribution is -2.39. The summed E-state index contributed by atoms with van der Waals surface area (Å²) in [6, 6.07) is 8.52. The first-order valence-corrected chi connectivity index (χ1v) is 7.76. The van der Waals surface area contributed by atoms with Crippen LogP contribution in [0.2, 0.25) is 0 Å². The molecule has 0 bridgehead atoms. The van der Waals surface area contributed by atoms with Crippen LogP contribution in [0.1, 0.15) is 58.9 Å². The zero-order valence-corrected chi connectivity index (χ0v) is 14.0. The van der Waals surface area contributed by atoms with Crippen LogP contribution in [-0.2, 0) is 0 Å². The highest BCUT2D eigenvalue weighted by Crippen LogP contribution is 2.30. The van der Waals surface area contributed by atoms with Crippen LogP contribution in [0.4, 0.5) is 0 Å². The van der Waals surface area contributed by atoms with Crippen LogP contribution in [0.15, 0.2) is 24.3 Å². The van der Waals surface area contributed by atoms with Crippen molar-refractivity contribution in [3.8, 4) is 5.75 Å². The van der Waals surface area contributed by atoms with Gasteiger partial charge in [-0.1, -0.05) is 38.8 Å². The molecule has 0 saturated heterocycles. The third-order valence-electron chi connectivity index (χ3n) is 3.81. The standard InChI is InChI=1S/C18H31NO/c1-7-9-14(2)17(13-19-18(3,4)5)15-10-8-11-16(12-15)20-6/h8,10-12,14,17,19H,7,9,13H2,1-6H3. The van der Waals surface area contributed by atoms with Crippen LogP contribution < -0.4 is 10.1 Å². The van der Waals surface area contributed by atoms with Gasteiger partial charge in [-0.2, -0.15) is 0 Å². The molecule has 114 valence electrons. The van der Waals surface area contributed by atoms with Gasteiger partial charge < -0.3 is 10.1 Å². The van der Waals surface area contributed by atoms with Crippen molar-refractivity contribution in [2.75, 3.05) is 13.7 Å². The van der Waals surface area contributed by atoms with E-state index in [-0.39, 0.29) is 5.54 Å². The van der Waals surface area contributed by atoms with Gasteiger partial charge in [-0.15, -0.1) is 0 Å². The Labute approximate surface area is 124 Å². The van der Waals surface area contributed by atoms with E-state index < -0.39 is 0 Å². The molecule has 0 saturated carbocycles. The molecular weight excluding hydrogens is 246 g/mol. The van der Waals surface area contributed by atoms with Crippen molar-refractivity contribution >= 4 is 0 Å². The van der Waals surface area contributed by atoms with E-state index in [9.17, 15) is 0 Å². The fourth-order valence-electron chi connectivity index (χ4n) is 2.59. The summed E-state index contributed by atoms with van der Waals surface area (Å²) in [7, 11) is 1.73. The quantitative estimate of drug-likeness (QED) is 0.786. The summed E-state index contributed by atoms with van der Waals surface area (Å²) in [5, 5.41) is 3.66. The van der Waals surface area contributed by atoms with E-state index >= 15 is 0 Å². The van der Waals surface area contributed by atoms with Gasteiger partial charge in [0.15, 0.2) is 0 Å². The molecule has 0 heterocycles. The van der Waals surface area contributed by atoms with Gasteiger partial charge in [-0.25, -0.2) is 0 Å². The molecule has 0 spiro atoms. The molecular formula is C18H31NO.